The van der Waals surface area contributed by atoms with Gasteiger partial charge in [-0.3, -0.25) is 0 Å². The van der Waals surface area contributed by atoms with Crippen molar-refractivity contribution in [2.45, 2.75) is 6.92 Å². The monoisotopic (exact) mass is 244 g/mol. The van der Waals surface area contributed by atoms with Gasteiger partial charge in [-0.15, -0.1) is 0 Å². The maximum absolute atomic E-state index is 11.3. The fourth-order valence-electron chi connectivity index (χ4n) is 0.891. The van der Waals surface area contributed by atoms with Crippen molar-refractivity contribution >= 4 is 15.8 Å². The highest BCUT2D eigenvalue weighted by Crippen LogP contribution is 1.96. The van der Waals surface area contributed by atoms with Crippen molar-refractivity contribution < 1.29 is 17.9 Å². The number of hydrogen-bond acceptors (Lipinski definition) is 6. The largest absolute Gasteiger partial charge is 0.460 e. The van der Waals surface area contributed by atoms with Crippen LogP contribution in [0.5, 0.6) is 0 Å². The average molecular weight is 244 g/mol. The molecule has 0 atom stereocenters. The number of carbonyl (C=O) groups is 1. The predicted octanol–water partition coefficient (Wildman–Crippen LogP) is 0.0681. The van der Waals surface area contributed by atoms with E-state index in [1.165, 1.54) is 18.6 Å². The quantitative estimate of drug-likeness (QED) is 0.681. The third kappa shape index (κ3) is 3.93. The molecule has 0 radical (unpaired) electrons. The fourth-order valence-corrected chi connectivity index (χ4v) is 1.52. The van der Waals surface area contributed by atoms with Gasteiger partial charge in [0.05, 0.1) is 5.75 Å². The maximum atomic E-state index is 11.3. The Morgan fingerprint density at radius 2 is 2.25 bits per heavy atom. The highest BCUT2D eigenvalue weighted by Gasteiger charge is 2.11. The molecule has 1 aromatic heterocycles. The van der Waals surface area contributed by atoms with Crippen LogP contribution < -0.4 is 0 Å². The van der Waals surface area contributed by atoms with Crippen LogP contribution in [0.1, 0.15) is 17.4 Å². The van der Waals surface area contributed by atoms with Crippen molar-refractivity contribution in [2.24, 2.45) is 0 Å². The highest BCUT2D eigenvalue weighted by molar-refractivity contribution is 7.91. The molecule has 0 N–H and O–H groups in total. The molecule has 0 unspecified atom stereocenters. The van der Waals surface area contributed by atoms with Gasteiger partial charge < -0.3 is 4.74 Å². The molecule has 1 aromatic rings. The van der Waals surface area contributed by atoms with Gasteiger partial charge in [-0.05, 0) is 6.07 Å². The third-order valence-corrected chi connectivity index (χ3v) is 3.53. The van der Waals surface area contributed by atoms with Gasteiger partial charge in [0.2, 0.25) is 0 Å². The summed E-state index contributed by atoms with van der Waals surface area (Å²) < 4.78 is 27.0. The first-order valence-corrected chi connectivity index (χ1v) is 6.51. The zero-order chi connectivity index (χ0) is 12.0. The van der Waals surface area contributed by atoms with Crippen molar-refractivity contribution in [3.8, 4) is 0 Å². The van der Waals surface area contributed by atoms with Crippen molar-refractivity contribution in [3.63, 3.8) is 0 Å². The summed E-state index contributed by atoms with van der Waals surface area (Å²) in [6.07, 6.45) is 2.63. The van der Waals surface area contributed by atoms with Gasteiger partial charge in [0.15, 0.2) is 15.5 Å². The average Bonchev–Trinajstić information content (AvgIpc) is 2.30. The number of sulfone groups is 1. The van der Waals surface area contributed by atoms with Gasteiger partial charge >= 0.3 is 5.97 Å². The lowest BCUT2D eigenvalue weighted by Crippen LogP contribution is -2.17. The van der Waals surface area contributed by atoms with E-state index in [2.05, 4.69) is 9.97 Å². The molecule has 0 aliphatic heterocycles. The maximum Gasteiger partial charge on any atom is 0.357 e. The smallest absolute Gasteiger partial charge is 0.357 e. The second kappa shape index (κ2) is 5.55. The Labute approximate surface area is 93.6 Å². The third-order valence-electron chi connectivity index (χ3n) is 1.86. The molecule has 1 rings (SSSR count). The molecule has 0 spiro atoms. The van der Waals surface area contributed by atoms with Gasteiger partial charge in [-0.2, -0.15) is 0 Å². The topological polar surface area (TPSA) is 86.2 Å². The van der Waals surface area contributed by atoms with Crippen LogP contribution in [0.2, 0.25) is 0 Å². The van der Waals surface area contributed by atoms with Gasteiger partial charge in [0.1, 0.15) is 12.9 Å². The predicted molar refractivity (Wildman–Crippen MR) is 56.6 cm³/mol. The molecule has 16 heavy (non-hydrogen) atoms. The van der Waals surface area contributed by atoms with E-state index < -0.39 is 15.8 Å². The van der Waals surface area contributed by atoms with Crippen molar-refractivity contribution in [3.05, 3.63) is 24.3 Å². The van der Waals surface area contributed by atoms with Crippen LogP contribution in [-0.2, 0) is 14.6 Å². The highest BCUT2D eigenvalue weighted by atomic mass is 32.2. The number of esters is 1. The molecule has 6 nitrogen and oxygen atoms in total. The van der Waals surface area contributed by atoms with E-state index in [-0.39, 0.29) is 23.8 Å². The van der Waals surface area contributed by atoms with Gasteiger partial charge in [-0.1, -0.05) is 6.92 Å². The summed E-state index contributed by atoms with van der Waals surface area (Å²) in [7, 11) is -3.11. The minimum atomic E-state index is -3.11. The standard InChI is InChI=1S/C9H12N2O4S/c1-2-16(13,14)6-5-15-9(12)8-3-4-10-7-11-8/h3-4,7H,2,5-6H2,1H3. The van der Waals surface area contributed by atoms with Gasteiger partial charge in [0.25, 0.3) is 0 Å². The van der Waals surface area contributed by atoms with Crippen LogP contribution in [0, 0.1) is 0 Å². The molecule has 0 fully saturated rings. The summed E-state index contributed by atoms with van der Waals surface area (Å²) in [6, 6.07) is 1.40. The molecule has 0 bridgehead atoms. The zero-order valence-corrected chi connectivity index (χ0v) is 9.61. The number of carbonyl (C=O) groups excluding carboxylic acids is 1. The molecule has 0 aromatic carbocycles. The lowest BCUT2D eigenvalue weighted by molar-refractivity contribution is 0.0522. The van der Waals surface area contributed by atoms with E-state index >= 15 is 0 Å². The second-order valence-electron chi connectivity index (χ2n) is 2.97. The summed E-state index contributed by atoms with van der Waals surface area (Å²) in [5.74, 6) is -0.771. The minimum Gasteiger partial charge on any atom is -0.460 e. The first-order chi connectivity index (χ1) is 7.55. The van der Waals surface area contributed by atoms with Crippen molar-refractivity contribution in [1.29, 1.82) is 0 Å². The van der Waals surface area contributed by atoms with Crippen molar-refractivity contribution in [2.75, 3.05) is 18.1 Å². The van der Waals surface area contributed by atoms with Crippen LogP contribution >= 0.6 is 0 Å². The number of nitrogens with zero attached hydrogens (tertiary/aromatic N) is 2. The molecule has 0 amide bonds. The number of ether oxygens (including phenoxy) is 1. The summed E-state index contributed by atoms with van der Waals surface area (Å²) >= 11 is 0. The van der Waals surface area contributed by atoms with Crippen LogP contribution in [0.3, 0.4) is 0 Å². The molecule has 0 saturated carbocycles. The van der Waals surface area contributed by atoms with E-state index in [0.29, 0.717) is 0 Å². The van der Waals surface area contributed by atoms with E-state index in [9.17, 15) is 13.2 Å². The molecule has 7 heteroatoms. The summed E-state index contributed by atoms with van der Waals surface area (Å²) in [5.41, 5.74) is 0.115. The fraction of sp³-hybridized carbons (Fsp3) is 0.444. The van der Waals surface area contributed by atoms with E-state index in [1.54, 1.807) is 6.92 Å². The Kier molecular flexibility index (Phi) is 4.36. The lowest BCUT2D eigenvalue weighted by Gasteiger charge is -2.03. The molecule has 0 aliphatic carbocycles. The van der Waals surface area contributed by atoms with Crippen LogP contribution in [0.25, 0.3) is 0 Å². The molecule has 0 saturated heterocycles. The number of hydrogen-bond donors (Lipinski definition) is 0. The summed E-state index contributed by atoms with van der Waals surface area (Å²) in [5, 5.41) is 0. The summed E-state index contributed by atoms with van der Waals surface area (Å²) in [4.78, 5) is 18.6. The zero-order valence-electron chi connectivity index (χ0n) is 8.79. The first kappa shape index (κ1) is 12.6. The number of rotatable bonds is 5. The SMILES string of the molecule is CCS(=O)(=O)CCOC(=O)c1ccncn1. The molecular formula is C9H12N2O4S. The normalized spacial score (nSPS) is 11.1. The van der Waals surface area contributed by atoms with E-state index in [1.807, 2.05) is 0 Å². The Hall–Kier alpha value is -1.50. The minimum absolute atomic E-state index is 0.0397. The van der Waals surface area contributed by atoms with Crippen LogP contribution in [0.4, 0.5) is 0 Å². The second-order valence-corrected chi connectivity index (χ2v) is 5.44. The van der Waals surface area contributed by atoms with Gasteiger partial charge in [0, 0.05) is 11.9 Å². The Bertz CT molecular complexity index is 444. The molecule has 0 aliphatic rings. The Balaban J connectivity index is 2.43. The first-order valence-electron chi connectivity index (χ1n) is 4.68. The van der Waals surface area contributed by atoms with E-state index in [0.717, 1.165) is 0 Å². The van der Waals surface area contributed by atoms with Gasteiger partial charge in [-0.25, -0.2) is 23.2 Å². The molecule has 1 heterocycles. The number of aromatic nitrogens is 2. The molecule has 88 valence electrons. The van der Waals surface area contributed by atoms with Crippen molar-refractivity contribution in [1.82, 2.24) is 9.97 Å². The molecular weight excluding hydrogens is 232 g/mol. The lowest BCUT2D eigenvalue weighted by atomic mass is 10.4. The summed E-state index contributed by atoms with van der Waals surface area (Å²) in [6.45, 7) is 1.39. The van der Waals surface area contributed by atoms with Crippen LogP contribution in [-0.4, -0.2) is 42.5 Å². The van der Waals surface area contributed by atoms with E-state index in [4.69, 9.17) is 4.74 Å². The Morgan fingerprint density at radius 1 is 1.50 bits per heavy atom. The Morgan fingerprint density at radius 3 is 2.81 bits per heavy atom. The van der Waals surface area contributed by atoms with Crippen LogP contribution in [0.15, 0.2) is 18.6 Å².